The van der Waals surface area contributed by atoms with E-state index in [-0.39, 0.29) is 10.9 Å². The number of benzene rings is 1. The number of anilines is 1. The number of hydrogen-bond donors (Lipinski definition) is 0. The molecule has 0 spiro atoms. The SMILES string of the molecule is O=C(CCc1ccccc1N1CCCCC1)c1sc(-c2cccnc2)nc1Cl. The van der Waals surface area contributed by atoms with Gasteiger partial charge in [-0.15, -0.1) is 11.3 Å². The minimum Gasteiger partial charge on any atom is -0.371 e. The monoisotopic (exact) mass is 411 g/mol. The number of ketones is 1. The lowest BCUT2D eigenvalue weighted by atomic mass is 10.0. The number of thiazole rings is 1. The average molecular weight is 412 g/mol. The molecule has 1 aliphatic rings. The van der Waals surface area contributed by atoms with Crippen molar-refractivity contribution in [2.24, 2.45) is 0 Å². The van der Waals surface area contributed by atoms with Crippen LogP contribution < -0.4 is 4.90 Å². The van der Waals surface area contributed by atoms with Crippen molar-refractivity contribution in [2.45, 2.75) is 32.1 Å². The van der Waals surface area contributed by atoms with Gasteiger partial charge in [0.15, 0.2) is 10.9 Å². The molecule has 6 heteroatoms. The summed E-state index contributed by atoms with van der Waals surface area (Å²) in [5, 5.41) is 1.02. The summed E-state index contributed by atoms with van der Waals surface area (Å²) in [4.78, 5) is 24.3. The standard InChI is InChI=1S/C22H22ClN3OS/c23-21-20(28-22(25-21)17-8-6-12-24-15-17)19(27)11-10-16-7-2-3-9-18(16)26-13-4-1-5-14-26/h2-3,6-9,12,15H,1,4-5,10-11,13-14H2. The minimum atomic E-state index is 0.0473. The van der Waals surface area contributed by atoms with Crippen LogP contribution in [0.1, 0.15) is 40.9 Å². The first-order valence-corrected chi connectivity index (χ1v) is 10.8. The van der Waals surface area contributed by atoms with Crippen molar-refractivity contribution in [2.75, 3.05) is 18.0 Å². The number of Topliss-reactive ketones (excluding diaryl/α,β-unsaturated/α-hetero) is 1. The Bertz CT molecular complexity index is 951. The predicted octanol–water partition coefficient (Wildman–Crippen LogP) is 5.66. The maximum atomic E-state index is 12.8. The van der Waals surface area contributed by atoms with Gasteiger partial charge in [-0.25, -0.2) is 4.98 Å². The molecule has 3 heterocycles. The third kappa shape index (κ3) is 4.26. The van der Waals surface area contributed by atoms with Gasteiger partial charge in [0.2, 0.25) is 0 Å². The third-order valence-electron chi connectivity index (χ3n) is 5.06. The molecule has 28 heavy (non-hydrogen) atoms. The number of halogens is 1. The van der Waals surface area contributed by atoms with Crippen LogP contribution in [0.4, 0.5) is 5.69 Å². The zero-order valence-corrected chi connectivity index (χ0v) is 17.2. The molecule has 0 saturated carbocycles. The Hall–Kier alpha value is -2.24. The van der Waals surface area contributed by atoms with Crippen molar-refractivity contribution < 1.29 is 4.79 Å². The quantitative estimate of drug-likeness (QED) is 0.490. The van der Waals surface area contributed by atoms with E-state index in [9.17, 15) is 4.79 Å². The van der Waals surface area contributed by atoms with Crippen molar-refractivity contribution >= 4 is 34.4 Å². The minimum absolute atomic E-state index is 0.0473. The molecule has 0 N–H and O–H groups in total. The molecular weight excluding hydrogens is 390 g/mol. The van der Waals surface area contributed by atoms with Crippen molar-refractivity contribution in [3.8, 4) is 10.6 Å². The predicted molar refractivity (Wildman–Crippen MR) is 116 cm³/mol. The van der Waals surface area contributed by atoms with Gasteiger partial charge in [-0.2, -0.15) is 0 Å². The highest BCUT2D eigenvalue weighted by molar-refractivity contribution is 7.17. The van der Waals surface area contributed by atoms with Gasteiger partial charge in [-0.05, 0) is 49.4 Å². The van der Waals surface area contributed by atoms with Crippen LogP contribution in [0.15, 0.2) is 48.8 Å². The maximum absolute atomic E-state index is 12.8. The third-order valence-corrected chi connectivity index (χ3v) is 6.59. The maximum Gasteiger partial charge on any atom is 0.176 e. The van der Waals surface area contributed by atoms with Gasteiger partial charge in [-0.1, -0.05) is 29.8 Å². The van der Waals surface area contributed by atoms with Gasteiger partial charge in [-0.3, -0.25) is 9.78 Å². The van der Waals surface area contributed by atoms with E-state index in [1.165, 1.54) is 41.9 Å². The summed E-state index contributed by atoms with van der Waals surface area (Å²) < 4.78 is 0. The number of hydrogen-bond acceptors (Lipinski definition) is 5. The molecule has 2 aromatic heterocycles. The Balaban J connectivity index is 1.48. The topological polar surface area (TPSA) is 46.1 Å². The Morgan fingerprint density at radius 1 is 1.11 bits per heavy atom. The number of para-hydroxylation sites is 1. The van der Waals surface area contributed by atoms with Crippen molar-refractivity contribution in [3.05, 3.63) is 64.4 Å². The van der Waals surface area contributed by atoms with E-state index in [0.717, 1.165) is 23.7 Å². The largest absolute Gasteiger partial charge is 0.371 e. The first kappa shape index (κ1) is 19.1. The van der Waals surface area contributed by atoms with E-state index in [0.29, 0.717) is 17.7 Å². The van der Waals surface area contributed by atoms with Gasteiger partial charge in [0.05, 0.1) is 0 Å². The molecule has 4 nitrogen and oxygen atoms in total. The number of pyridine rings is 1. The van der Waals surface area contributed by atoms with Crippen molar-refractivity contribution in [1.29, 1.82) is 0 Å². The number of piperidine rings is 1. The Morgan fingerprint density at radius 2 is 1.93 bits per heavy atom. The first-order chi connectivity index (χ1) is 13.7. The van der Waals surface area contributed by atoms with Crippen LogP contribution in [0, 0.1) is 0 Å². The van der Waals surface area contributed by atoms with Crippen LogP contribution >= 0.6 is 22.9 Å². The fourth-order valence-corrected chi connectivity index (χ4v) is 4.88. The van der Waals surface area contributed by atoms with Gasteiger partial charge in [0, 0.05) is 43.2 Å². The lowest BCUT2D eigenvalue weighted by Crippen LogP contribution is -2.30. The Kier molecular flexibility index (Phi) is 6.03. The van der Waals surface area contributed by atoms with Gasteiger partial charge in [0.25, 0.3) is 0 Å². The van der Waals surface area contributed by atoms with Crippen LogP contribution in [0.3, 0.4) is 0 Å². The molecule has 1 aromatic carbocycles. The fourth-order valence-electron chi connectivity index (χ4n) is 3.61. The molecule has 0 unspecified atom stereocenters. The molecule has 4 rings (SSSR count). The van der Waals surface area contributed by atoms with Crippen LogP contribution in [0.25, 0.3) is 10.6 Å². The molecule has 0 bridgehead atoms. The lowest BCUT2D eigenvalue weighted by molar-refractivity contribution is 0.0986. The summed E-state index contributed by atoms with van der Waals surface area (Å²) in [7, 11) is 0. The molecule has 3 aromatic rings. The zero-order chi connectivity index (χ0) is 19.3. The first-order valence-electron chi connectivity index (χ1n) is 9.65. The zero-order valence-electron chi connectivity index (χ0n) is 15.6. The summed E-state index contributed by atoms with van der Waals surface area (Å²) >= 11 is 7.62. The van der Waals surface area contributed by atoms with Crippen molar-refractivity contribution in [3.63, 3.8) is 0 Å². The lowest BCUT2D eigenvalue weighted by Gasteiger charge is -2.30. The van der Waals surface area contributed by atoms with E-state index in [2.05, 4.69) is 33.1 Å². The Labute approximate surface area is 174 Å². The fraction of sp³-hybridized carbons (Fsp3) is 0.318. The van der Waals surface area contributed by atoms with Crippen LogP contribution in [0.5, 0.6) is 0 Å². The molecule has 1 saturated heterocycles. The molecule has 0 aliphatic carbocycles. The number of nitrogens with zero attached hydrogens (tertiary/aromatic N) is 3. The van der Waals surface area contributed by atoms with Crippen LogP contribution in [-0.2, 0) is 6.42 Å². The summed E-state index contributed by atoms with van der Waals surface area (Å²) in [6.45, 7) is 2.19. The van der Waals surface area contributed by atoms with E-state index >= 15 is 0 Å². The highest BCUT2D eigenvalue weighted by Crippen LogP contribution is 2.32. The molecule has 0 amide bonds. The van der Waals surface area contributed by atoms with Crippen molar-refractivity contribution in [1.82, 2.24) is 9.97 Å². The average Bonchev–Trinajstić information content (AvgIpc) is 3.15. The molecule has 1 aliphatic heterocycles. The Morgan fingerprint density at radius 3 is 2.71 bits per heavy atom. The van der Waals surface area contributed by atoms with Crippen LogP contribution in [0.2, 0.25) is 5.15 Å². The second-order valence-corrected chi connectivity index (χ2v) is 8.34. The number of aryl methyl sites for hydroxylation is 1. The molecule has 0 atom stereocenters. The molecule has 1 fully saturated rings. The summed E-state index contributed by atoms with van der Waals surface area (Å²) in [6, 6.07) is 12.2. The highest BCUT2D eigenvalue weighted by atomic mass is 35.5. The molecule has 144 valence electrons. The van der Waals surface area contributed by atoms with E-state index < -0.39 is 0 Å². The molecular formula is C22H22ClN3OS. The number of carbonyl (C=O) groups excluding carboxylic acids is 1. The van der Waals surface area contributed by atoms with E-state index in [1.54, 1.807) is 12.4 Å². The van der Waals surface area contributed by atoms with E-state index in [4.69, 9.17) is 11.6 Å². The van der Waals surface area contributed by atoms with Gasteiger partial charge < -0.3 is 4.90 Å². The normalized spacial score (nSPS) is 14.2. The number of rotatable bonds is 6. The second kappa shape index (κ2) is 8.84. The smallest absolute Gasteiger partial charge is 0.176 e. The number of aromatic nitrogens is 2. The van der Waals surface area contributed by atoms with Gasteiger partial charge >= 0.3 is 0 Å². The van der Waals surface area contributed by atoms with E-state index in [1.807, 2.05) is 18.2 Å². The highest BCUT2D eigenvalue weighted by Gasteiger charge is 2.19. The van der Waals surface area contributed by atoms with Gasteiger partial charge in [0.1, 0.15) is 9.88 Å². The molecule has 0 radical (unpaired) electrons. The summed E-state index contributed by atoms with van der Waals surface area (Å²) in [5.74, 6) is 0.0473. The summed E-state index contributed by atoms with van der Waals surface area (Å²) in [6.07, 6.45) is 8.37. The number of carbonyl (C=O) groups is 1. The summed E-state index contributed by atoms with van der Waals surface area (Å²) in [5.41, 5.74) is 3.37. The van der Waals surface area contributed by atoms with Crippen LogP contribution in [-0.4, -0.2) is 28.8 Å². The second-order valence-electron chi connectivity index (χ2n) is 6.98.